The molecule has 13 heavy (non-hydrogen) atoms. The van der Waals surface area contributed by atoms with E-state index in [2.05, 4.69) is 5.32 Å². The van der Waals surface area contributed by atoms with Crippen LogP contribution in [0.1, 0.15) is 20.3 Å². The Kier molecular flexibility index (Phi) is 3.62. The molecule has 0 atom stereocenters. The maximum atomic E-state index is 12.1. The van der Waals surface area contributed by atoms with Gasteiger partial charge >= 0.3 is 0 Å². The quantitative estimate of drug-likeness (QED) is 0.717. The van der Waals surface area contributed by atoms with Crippen LogP contribution in [0.15, 0.2) is 0 Å². The summed E-state index contributed by atoms with van der Waals surface area (Å²) < 4.78 is 29.6. The van der Waals surface area contributed by atoms with Crippen LogP contribution in [-0.2, 0) is 4.74 Å². The third-order valence-corrected chi connectivity index (χ3v) is 2.16. The normalized spacial score (nSPS) is 19.2. The molecule has 0 aromatic carbocycles. The number of hydrogen-bond donors (Lipinski definition) is 1. The molecule has 0 radical (unpaired) electrons. The minimum Gasteiger partial charge on any atom is -0.375 e. The van der Waals surface area contributed by atoms with Gasteiger partial charge in [0.1, 0.15) is 0 Å². The van der Waals surface area contributed by atoms with Crippen molar-refractivity contribution in [3.05, 3.63) is 0 Å². The zero-order valence-corrected chi connectivity index (χ0v) is 8.15. The van der Waals surface area contributed by atoms with E-state index < -0.39 is 11.8 Å². The van der Waals surface area contributed by atoms with Crippen LogP contribution in [0.2, 0.25) is 0 Å². The third kappa shape index (κ3) is 4.00. The second kappa shape index (κ2) is 4.33. The molecule has 1 aliphatic rings. The van der Waals surface area contributed by atoms with Gasteiger partial charge in [0.25, 0.3) is 0 Å². The Bertz CT molecular complexity index is 158. The fraction of sp³-hybridized carbons (Fsp3) is 1.00. The third-order valence-electron chi connectivity index (χ3n) is 2.16. The summed E-state index contributed by atoms with van der Waals surface area (Å²) in [5, 5.41) is 3.07. The summed E-state index contributed by atoms with van der Waals surface area (Å²) in [6.07, 6.45) is -2.09. The van der Waals surface area contributed by atoms with Crippen LogP contribution in [0.25, 0.3) is 0 Å². The molecular formula is C9H17F2NO. The summed E-state index contributed by atoms with van der Waals surface area (Å²) in [5.41, 5.74) is -0.413. The number of nitrogens with one attached hydrogen (secondary N) is 1. The van der Waals surface area contributed by atoms with E-state index in [-0.39, 0.29) is 12.5 Å². The van der Waals surface area contributed by atoms with Crippen LogP contribution in [-0.4, -0.2) is 32.2 Å². The van der Waals surface area contributed by atoms with E-state index in [1.54, 1.807) is 0 Å². The first-order valence-electron chi connectivity index (χ1n) is 4.60. The number of halogens is 2. The second-order valence-corrected chi connectivity index (χ2v) is 4.35. The van der Waals surface area contributed by atoms with E-state index >= 15 is 0 Å². The van der Waals surface area contributed by atoms with Gasteiger partial charge in [-0.2, -0.15) is 0 Å². The molecule has 0 bridgehead atoms. The molecule has 0 aromatic rings. The predicted octanol–water partition coefficient (Wildman–Crippen LogP) is 1.66. The van der Waals surface area contributed by atoms with E-state index in [4.69, 9.17) is 4.74 Å². The van der Waals surface area contributed by atoms with Crippen LogP contribution < -0.4 is 5.32 Å². The van der Waals surface area contributed by atoms with E-state index in [0.717, 1.165) is 13.1 Å². The van der Waals surface area contributed by atoms with E-state index in [9.17, 15) is 8.78 Å². The van der Waals surface area contributed by atoms with Gasteiger partial charge in [0.05, 0.1) is 12.7 Å². The van der Waals surface area contributed by atoms with Crippen LogP contribution >= 0.6 is 0 Å². The molecule has 0 unspecified atom stereocenters. The largest absolute Gasteiger partial charge is 0.375 e. The lowest BCUT2D eigenvalue weighted by Crippen LogP contribution is -2.49. The maximum Gasteiger partial charge on any atom is 0.239 e. The fourth-order valence-corrected chi connectivity index (χ4v) is 1.20. The molecule has 4 heteroatoms. The van der Waals surface area contributed by atoms with Gasteiger partial charge < -0.3 is 10.1 Å². The second-order valence-electron chi connectivity index (χ2n) is 4.35. The van der Waals surface area contributed by atoms with Crippen molar-refractivity contribution in [1.82, 2.24) is 5.32 Å². The molecule has 78 valence electrons. The Balaban J connectivity index is 2.16. The van der Waals surface area contributed by atoms with Crippen molar-refractivity contribution < 1.29 is 13.5 Å². The van der Waals surface area contributed by atoms with Crippen molar-refractivity contribution in [3.8, 4) is 0 Å². The van der Waals surface area contributed by atoms with Crippen molar-refractivity contribution in [2.75, 3.05) is 19.7 Å². The SMILES string of the molecule is CC(C)(COC1CNC1)CC(F)F. The molecule has 0 saturated carbocycles. The summed E-state index contributed by atoms with van der Waals surface area (Å²) in [6, 6.07) is 0. The topological polar surface area (TPSA) is 21.3 Å². The number of rotatable bonds is 5. The monoisotopic (exact) mass is 193 g/mol. The molecule has 0 amide bonds. The first-order chi connectivity index (χ1) is 5.99. The zero-order valence-electron chi connectivity index (χ0n) is 8.15. The summed E-state index contributed by atoms with van der Waals surface area (Å²) in [7, 11) is 0. The molecule has 1 heterocycles. The first-order valence-corrected chi connectivity index (χ1v) is 4.60. The van der Waals surface area contributed by atoms with E-state index in [0.29, 0.717) is 6.61 Å². The smallest absolute Gasteiger partial charge is 0.239 e. The molecule has 0 spiro atoms. The highest BCUT2D eigenvalue weighted by atomic mass is 19.3. The van der Waals surface area contributed by atoms with Gasteiger partial charge in [0.2, 0.25) is 6.43 Å². The minimum atomic E-state index is -2.24. The van der Waals surface area contributed by atoms with Crippen molar-refractivity contribution >= 4 is 0 Å². The van der Waals surface area contributed by atoms with Crippen molar-refractivity contribution in [2.45, 2.75) is 32.8 Å². The molecule has 1 aliphatic heterocycles. The zero-order chi connectivity index (χ0) is 9.90. The molecule has 1 rings (SSSR count). The van der Waals surface area contributed by atoms with Crippen molar-refractivity contribution in [2.24, 2.45) is 5.41 Å². The number of ether oxygens (including phenoxy) is 1. The Morgan fingerprint density at radius 3 is 2.46 bits per heavy atom. The average molecular weight is 193 g/mol. The van der Waals surface area contributed by atoms with Crippen LogP contribution in [0.3, 0.4) is 0 Å². The molecule has 1 N–H and O–H groups in total. The highest BCUT2D eigenvalue weighted by molar-refractivity contribution is 4.77. The van der Waals surface area contributed by atoms with E-state index in [1.807, 2.05) is 13.8 Å². The Hall–Kier alpha value is -0.220. The van der Waals surface area contributed by atoms with Gasteiger partial charge in [-0.25, -0.2) is 8.78 Å². The van der Waals surface area contributed by atoms with Gasteiger partial charge in [-0.15, -0.1) is 0 Å². The summed E-state index contributed by atoms with van der Waals surface area (Å²) in [5.74, 6) is 0. The highest BCUT2D eigenvalue weighted by Crippen LogP contribution is 2.25. The average Bonchev–Trinajstić information content (AvgIpc) is 1.79. The summed E-state index contributed by atoms with van der Waals surface area (Å²) >= 11 is 0. The predicted molar refractivity (Wildman–Crippen MR) is 47.0 cm³/mol. The van der Waals surface area contributed by atoms with Gasteiger partial charge in [0.15, 0.2) is 0 Å². The van der Waals surface area contributed by atoms with Gasteiger partial charge in [0, 0.05) is 19.5 Å². The van der Waals surface area contributed by atoms with Crippen molar-refractivity contribution in [1.29, 1.82) is 0 Å². The van der Waals surface area contributed by atoms with Gasteiger partial charge in [-0.1, -0.05) is 13.8 Å². The number of hydrogen-bond acceptors (Lipinski definition) is 2. The fourth-order valence-electron chi connectivity index (χ4n) is 1.20. The van der Waals surface area contributed by atoms with Gasteiger partial charge in [-0.05, 0) is 5.41 Å². The molecule has 0 aromatic heterocycles. The molecular weight excluding hydrogens is 176 g/mol. The number of alkyl halides is 2. The summed E-state index contributed by atoms with van der Waals surface area (Å²) in [4.78, 5) is 0. The lowest BCUT2D eigenvalue weighted by molar-refractivity contribution is -0.0399. The first kappa shape index (κ1) is 10.9. The molecule has 1 fully saturated rings. The highest BCUT2D eigenvalue weighted by Gasteiger charge is 2.26. The molecule has 1 saturated heterocycles. The lowest BCUT2D eigenvalue weighted by atomic mass is 9.90. The van der Waals surface area contributed by atoms with Crippen LogP contribution in [0, 0.1) is 5.41 Å². The summed E-state index contributed by atoms with van der Waals surface area (Å²) in [6.45, 7) is 5.75. The Morgan fingerprint density at radius 2 is 2.08 bits per heavy atom. The van der Waals surface area contributed by atoms with E-state index in [1.165, 1.54) is 0 Å². The Labute approximate surface area is 77.6 Å². The molecule has 2 nitrogen and oxygen atoms in total. The Morgan fingerprint density at radius 1 is 1.46 bits per heavy atom. The minimum absolute atomic E-state index is 0.0901. The lowest BCUT2D eigenvalue weighted by Gasteiger charge is -2.32. The van der Waals surface area contributed by atoms with Gasteiger partial charge in [-0.3, -0.25) is 0 Å². The molecule has 0 aliphatic carbocycles. The van der Waals surface area contributed by atoms with Crippen molar-refractivity contribution in [3.63, 3.8) is 0 Å². The standard InChI is InChI=1S/C9H17F2NO/c1-9(2,3-8(10)11)6-13-7-4-12-5-7/h7-8,12H,3-6H2,1-2H3. The maximum absolute atomic E-state index is 12.1. The van der Waals surface area contributed by atoms with Crippen LogP contribution in [0.4, 0.5) is 8.78 Å². The van der Waals surface area contributed by atoms with Crippen LogP contribution in [0.5, 0.6) is 0 Å².